The predicted molar refractivity (Wildman–Crippen MR) is 115 cm³/mol. The molecule has 9 heteroatoms. The van der Waals surface area contributed by atoms with Crippen LogP contribution in [0.4, 0.5) is 11.9 Å². The number of anilines is 2. The van der Waals surface area contributed by atoms with Gasteiger partial charge in [-0.25, -0.2) is 19.9 Å². The summed E-state index contributed by atoms with van der Waals surface area (Å²) >= 11 is 0. The molecule has 3 aromatic rings. The van der Waals surface area contributed by atoms with Crippen LogP contribution in [-0.2, 0) is 0 Å². The van der Waals surface area contributed by atoms with E-state index in [0.717, 1.165) is 43.7 Å². The van der Waals surface area contributed by atoms with Crippen molar-refractivity contribution in [2.75, 3.05) is 36.4 Å². The van der Waals surface area contributed by atoms with E-state index >= 15 is 0 Å². The molecule has 5 rings (SSSR count). The van der Waals surface area contributed by atoms with E-state index in [0.29, 0.717) is 11.6 Å². The Bertz CT molecular complexity index is 1120. The number of fused-ring (bicyclic) bond motifs is 1. The molecule has 30 heavy (non-hydrogen) atoms. The van der Waals surface area contributed by atoms with Crippen LogP contribution in [0, 0.1) is 6.92 Å². The maximum Gasteiger partial charge on any atom is 0.257 e. The van der Waals surface area contributed by atoms with Gasteiger partial charge in [-0.05, 0) is 18.6 Å². The Morgan fingerprint density at radius 1 is 0.967 bits per heavy atom. The molecule has 1 fully saturated rings. The molecule has 1 aromatic carbocycles. The topological polar surface area (TPSA) is 91.5 Å². The molecule has 0 amide bonds. The van der Waals surface area contributed by atoms with Gasteiger partial charge in [0.2, 0.25) is 17.9 Å². The second-order valence-electron chi connectivity index (χ2n) is 7.31. The van der Waals surface area contributed by atoms with Crippen LogP contribution in [0.2, 0.25) is 0 Å². The van der Waals surface area contributed by atoms with Crippen molar-refractivity contribution in [3.8, 4) is 0 Å². The summed E-state index contributed by atoms with van der Waals surface area (Å²) in [6, 6.07) is 13.2. The zero-order valence-electron chi connectivity index (χ0n) is 16.6. The van der Waals surface area contributed by atoms with Crippen molar-refractivity contribution in [3.63, 3.8) is 0 Å². The van der Waals surface area contributed by atoms with Gasteiger partial charge in [0, 0.05) is 50.3 Å². The van der Waals surface area contributed by atoms with Crippen molar-refractivity contribution in [2.45, 2.75) is 13.1 Å². The number of nitrogens with zero attached hydrogens (tertiary/aromatic N) is 7. The highest BCUT2D eigenvalue weighted by Crippen LogP contribution is 2.26. The molecule has 2 aliphatic heterocycles. The Kier molecular flexibility index (Phi) is 4.62. The molecule has 1 saturated heterocycles. The lowest BCUT2D eigenvalue weighted by Gasteiger charge is -2.38. The van der Waals surface area contributed by atoms with E-state index in [1.807, 2.05) is 43.3 Å². The number of aliphatic imine (C=N–C) groups is 1. The predicted octanol–water partition coefficient (Wildman–Crippen LogP) is 1.49. The number of guanidine groups is 1. The Morgan fingerprint density at radius 2 is 1.67 bits per heavy atom. The van der Waals surface area contributed by atoms with Gasteiger partial charge in [0.1, 0.15) is 0 Å². The first kappa shape index (κ1) is 18.3. The van der Waals surface area contributed by atoms with Gasteiger partial charge in [-0.15, -0.1) is 0 Å². The standard InChI is InChI=1S/C21H22N8O/c1-15-14-17(30)29-18(16-6-3-2-4-7-16)25-20(26-21(29)24-15)28-12-10-27(11-13-28)19-22-8-5-9-23-19/h2-9,14,18H,10-13H2,1H3,(H,24,25,26)/t18-/m0/s1. The van der Waals surface area contributed by atoms with Gasteiger partial charge in [0.05, 0.1) is 0 Å². The largest absolute Gasteiger partial charge is 0.339 e. The molecule has 0 spiro atoms. The summed E-state index contributed by atoms with van der Waals surface area (Å²) in [4.78, 5) is 35.2. The summed E-state index contributed by atoms with van der Waals surface area (Å²) in [5.74, 6) is 2.00. The van der Waals surface area contributed by atoms with E-state index in [4.69, 9.17) is 4.99 Å². The van der Waals surface area contributed by atoms with E-state index < -0.39 is 6.17 Å². The monoisotopic (exact) mass is 402 g/mol. The lowest BCUT2D eigenvalue weighted by Crippen LogP contribution is -2.52. The van der Waals surface area contributed by atoms with E-state index in [1.165, 1.54) is 0 Å². The van der Waals surface area contributed by atoms with Crippen molar-refractivity contribution in [2.24, 2.45) is 4.99 Å². The maximum absolute atomic E-state index is 12.7. The second kappa shape index (κ2) is 7.58. The molecule has 2 aromatic heterocycles. The summed E-state index contributed by atoms with van der Waals surface area (Å²) in [6.45, 7) is 4.93. The number of hydrogen-bond acceptors (Lipinski definition) is 8. The van der Waals surface area contributed by atoms with Gasteiger partial charge in [0.15, 0.2) is 6.17 Å². The minimum Gasteiger partial charge on any atom is -0.339 e. The molecular formula is C21H22N8O. The van der Waals surface area contributed by atoms with E-state index in [1.54, 1.807) is 23.0 Å². The molecule has 9 nitrogen and oxygen atoms in total. The van der Waals surface area contributed by atoms with Crippen molar-refractivity contribution in [3.05, 3.63) is 76.5 Å². The second-order valence-corrected chi connectivity index (χ2v) is 7.31. The summed E-state index contributed by atoms with van der Waals surface area (Å²) < 4.78 is 1.61. The first-order valence-corrected chi connectivity index (χ1v) is 9.96. The number of aromatic nitrogens is 4. The average molecular weight is 402 g/mol. The molecule has 0 saturated carbocycles. The van der Waals surface area contributed by atoms with Gasteiger partial charge in [-0.1, -0.05) is 30.3 Å². The highest BCUT2D eigenvalue weighted by atomic mass is 16.1. The summed E-state index contributed by atoms with van der Waals surface area (Å²) in [6.07, 6.45) is 3.07. The molecule has 0 bridgehead atoms. The van der Waals surface area contributed by atoms with Crippen LogP contribution in [0.5, 0.6) is 0 Å². The lowest BCUT2D eigenvalue weighted by atomic mass is 10.1. The Labute approximate surface area is 173 Å². The minimum absolute atomic E-state index is 0.118. The molecule has 1 atom stereocenters. The van der Waals surface area contributed by atoms with Crippen molar-refractivity contribution in [1.82, 2.24) is 24.4 Å². The van der Waals surface area contributed by atoms with Crippen molar-refractivity contribution in [1.29, 1.82) is 0 Å². The molecular weight excluding hydrogens is 380 g/mol. The van der Waals surface area contributed by atoms with E-state index in [-0.39, 0.29) is 5.56 Å². The third-order valence-electron chi connectivity index (χ3n) is 5.30. The van der Waals surface area contributed by atoms with Gasteiger partial charge < -0.3 is 9.80 Å². The fraction of sp³-hybridized carbons (Fsp3) is 0.286. The van der Waals surface area contributed by atoms with Crippen LogP contribution < -0.4 is 15.8 Å². The molecule has 1 N–H and O–H groups in total. The third-order valence-corrected chi connectivity index (χ3v) is 5.30. The van der Waals surface area contributed by atoms with Crippen LogP contribution in [0.3, 0.4) is 0 Å². The lowest BCUT2D eigenvalue weighted by molar-refractivity contribution is 0.374. The summed E-state index contributed by atoms with van der Waals surface area (Å²) in [5, 5.41) is 3.28. The maximum atomic E-state index is 12.7. The highest BCUT2D eigenvalue weighted by Gasteiger charge is 2.29. The number of rotatable bonds is 2. The van der Waals surface area contributed by atoms with Crippen LogP contribution in [0.15, 0.2) is 64.6 Å². The van der Waals surface area contributed by atoms with Gasteiger partial charge in [-0.3, -0.25) is 14.7 Å². The number of hydrogen-bond donors (Lipinski definition) is 1. The average Bonchev–Trinajstić information content (AvgIpc) is 2.79. The van der Waals surface area contributed by atoms with Crippen LogP contribution in [0.1, 0.15) is 17.4 Å². The first-order valence-electron chi connectivity index (χ1n) is 9.96. The van der Waals surface area contributed by atoms with Crippen LogP contribution >= 0.6 is 0 Å². The number of aryl methyl sites for hydroxylation is 1. The Morgan fingerprint density at radius 3 is 2.40 bits per heavy atom. The highest BCUT2D eigenvalue weighted by molar-refractivity contribution is 5.93. The van der Waals surface area contributed by atoms with Gasteiger partial charge in [-0.2, -0.15) is 0 Å². The zero-order chi connectivity index (χ0) is 20.5. The van der Waals surface area contributed by atoms with Crippen molar-refractivity contribution < 1.29 is 0 Å². The molecule has 152 valence electrons. The zero-order valence-corrected chi connectivity index (χ0v) is 16.6. The summed E-state index contributed by atoms with van der Waals surface area (Å²) in [5.41, 5.74) is 1.51. The molecule has 0 unspecified atom stereocenters. The first-order chi connectivity index (χ1) is 14.7. The summed E-state index contributed by atoms with van der Waals surface area (Å²) in [7, 11) is 0. The van der Waals surface area contributed by atoms with E-state index in [2.05, 4.69) is 30.1 Å². The normalized spacial score (nSPS) is 18.4. The fourth-order valence-corrected chi connectivity index (χ4v) is 3.82. The minimum atomic E-state index is -0.450. The van der Waals surface area contributed by atoms with Crippen LogP contribution in [-0.4, -0.2) is 56.6 Å². The van der Waals surface area contributed by atoms with E-state index in [9.17, 15) is 4.79 Å². The molecule has 0 aliphatic carbocycles. The smallest absolute Gasteiger partial charge is 0.257 e. The number of benzene rings is 1. The van der Waals surface area contributed by atoms with Crippen molar-refractivity contribution >= 4 is 17.9 Å². The van der Waals surface area contributed by atoms with Crippen LogP contribution in [0.25, 0.3) is 0 Å². The van der Waals surface area contributed by atoms with Gasteiger partial charge in [0.25, 0.3) is 5.56 Å². The number of nitrogens with one attached hydrogen (secondary N) is 1. The number of piperazine rings is 1. The Hall–Kier alpha value is -3.75. The molecule has 2 aliphatic rings. The fourth-order valence-electron chi connectivity index (χ4n) is 3.82. The molecule has 4 heterocycles. The third kappa shape index (κ3) is 3.38. The van der Waals surface area contributed by atoms with Gasteiger partial charge >= 0.3 is 0 Å². The quantitative estimate of drug-likeness (QED) is 0.694. The Balaban J connectivity index is 1.45. The SMILES string of the molecule is Cc1cc(=O)n2c(n1)NC(N1CCN(c3ncccn3)CC1)=N[C@@H]2c1ccccc1. The molecule has 0 radical (unpaired) electrons.